The van der Waals surface area contributed by atoms with Crippen LogP contribution in [0.25, 0.3) is 0 Å². The number of morpholine rings is 1. The maximum Gasteiger partial charge on any atom is 0.251 e. The SMILES string of the molecule is O=C(NCC(c1ccc(F)cc1)N1CCOCC1)c1ccccc1. The van der Waals surface area contributed by atoms with Crippen molar-refractivity contribution in [2.24, 2.45) is 0 Å². The van der Waals surface area contributed by atoms with Crippen LogP contribution in [0.1, 0.15) is 22.0 Å². The van der Waals surface area contributed by atoms with Crippen LogP contribution in [0.3, 0.4) is 0 Å². The summed E-state index contributed by atoms with van der Waals surface area (Å²) in [5.74, 6) is -0.358. The molecule has 126 valence electrons. The van der Waals surface area contributed by atoms with E-state index in [4.69, 9.17) is 4.74 Å². The summed E-state index contributed by atoms with van der Waals surface area (Å²) in [5, 5.41) is 2.99. The first kappa shape index (κ1) is 16.6. The molecule has 1 aliphatic heterocycles. The number of hydrogen-bond acceptors (Lipinski definition) is 3. The average molecular weight is 328 g/mol. The Hall–Kier alpha value is -2.24. The third kappa shape index (κ3) is 4.19. The summed E-state index contributed by atoms with van der Waals surface area (Å²) in [6.07, 6.45) is 0. The number of carbonyl (C=O) groups is 1. The minimum Gasteiger partial charge on any atom is -0.379 e. The van der Waals surface area contributed by atoms with E-state index in [0.29, 0.717) is 25.3 Å². The summed E-state index contributed by atoms with van der Waals surface area (Å²) in [5.41, 5.74) is 1.63. The minimum absolute atomic E-state index is 0.00200. The van der Waals surface area contributed by atoms with Crippen molar-refractivity contribution in [2.75, 3.05) is 32.8 Å². The Morgan fingerprint density at radius 2 is 1.75 bits per heavy atom. The molecular weight excluding hydrogens is 307 g/mol. The van der Waals surface area contributed by atoms with Crippen LogP contribution in [0.4, 0.5) is 4.39 Å². The normalized spacial score (nSPS) is 16.5. The summed E-state index contributed by atoms with van der Waals surface area (Å²) in [4.78, 5) is 14.6. The van der Waals surface area contributed by atoms with Crippen molar-refractivity contribution in [2.45, 2.75) is 6.04 Å². The molecule has 1 aliphatic rings. The molecule has 1 saturated heterocycles. The summed E-state index contributed by atoms with van der Waals surface area (Å²) >= 11 is 0. The summed E-state index contributed by atoms with van der Waals surface area (Å²) in [7, 11) is 0. The van der Waals surface area contributed by atoms with Crippen molar-refractivity contribution in [1.29, 1.82) is 0 Å². The highest BCUT2D eigenvalue weighted by Gasteiger charge is 2.23. The number of hydrogen-bond donors (Lipinski definition) is 1. The lowest BCUT2D eigenvalue weighted by Crippen LogP contribution is -2.43. The Labute approximate surface area is 141 Å². The van der Waals surface area contributed by atoms with Gasteiger partial charge in [-0.3, -0.25) is 9.69 Å². The van der Waals surface area contributed by atoms with Crippen molar-refractivity contribution < 1.29 is 13.9 Å². The van der Waals surface area contributed by atoms with Gasteiger partial charge in [0.1, 0.15) is 5.82 Å². The van der Waals surface area contributed by atoms with Gasteiger partial charge in [-0.2, -0.15) is 0 Å². The van der Waals surface area contributed by atoms with E-state index in [1.807, 2.05) is 18.2 Å². The molecule has 1 heterocycles. The Morgan fingerprint density at radius 1 is 1.08 bits per heavy atom. The van der Waals surface area contributed by atoms with E-state index in [0.717, 1.165) is 18.7 Å². The average Bonchev–Trinajstić information content (AvgIpc) is 2.65. The molecule has 1 unspecified atom stereocenters. The van der Waals surface area contributed by atoms with Crippen LogP contribution in [0, 0.1) is 5.82 Å². The number of ether oxygens (including phenoxy) is 1. The van der Waals surface area contributed by atoms with Crippen LogP contribution >= 0.6 is 0 Å². The van der Waals surface area contributed by atoms with Crippen molar-refractivity contribution in [1.82, 2.24) is 10.2 Å². The molecule has 1 atom stereocenters. The number of carbonyl (C=O) groups excluding carboxylic acids is 1. The highest BCUT2D eigenvalue weighted by molar-refractivity contribution is 5.94. The van der Waals surface area contributed by atoms with Crippen molar-refractivity contribution >= 4 is 5.91 Å². The van der Waals surface area contributed by atoms with Crippen molar-refractivity contribution in [3.63, 3.8) is 0 Å². The maximum absolute atomic E-state index is 13.2. The summed E-state index contributed by atoms with van der Waals surface area (Å²) in [6, 6.07) is 15.6. The molecule has 0 saturated carbocycles. The number of benzene rings is 2. The van der Waals surface area contributed by atoms with Gasteiger partial charge in [0.05, 0.1) is 19.3 Å². The van der Waals surface area contributed by atoms with E-state index in [9.17, 15) is 9.18 Å². The number of amides is 1. The molecular formula is C19H21FN2O2. The molecule has 0 radical (unpaired) electrons. The fraction of sp³-hybridized carbons (Fsp3) is 0.316. The second kappa shape index (κ2) is 8.04. The van der Waals surface area contributed by atoms with Crippen LogP contribution in [0.5, 0.6) is 0 Å². The lowest BCUT2D eigenvalue weighted by molar-refractivity contribution is 0.0162. The van der Waals surface area contributed by atoms with Gasteiger partial charge in [-0.1, -0.05) is 30.3 Å². The maximum atomic E-state index is 13.2. The van der Waals surface area contributed by atoms with Crippen LogP contribution in [-0.2, 0) is 4.74 Å². The van der Waals surface area contributed by atoms with Crippen LogP contribution in [-0.4, -0.2) is 43.7 Å². The zero-order valence-corrected chi connectivity index (χ0v) is 13.5. The summed E-state index contributed by atoms with van der Waals surface area (Å²) in [6.45, 7) is 3.40. The van der Waals surface area contributed by atoms with Gasteiger partial charge >= 0.3 is 0 Å². The van der Waals surface area contributed by atoms with E-state index in [-0.39, 0.29) is 17.8 Å². The molecule has 0 spiro atoms. The van der Waals surface area contributed by atoms with Crippen LogP contribution < -0.4 is 5.32 Å². The number of halogens is 1. The standard InChI is InChI=1S/C19H21FN2O2/c20-17-8-6-15(7-9-17)18(22-10-12-24-13-11-22)14-21-19(23)16-4-2-1-3-5-16/h1-9,18H,10-14H2,(H,21,23). The van der Waals surface area contributed by atoms with Gasteiger partial charge < -0.3 is 10.1 Å². The molecule has 0 aromatic heterocycles. The van der Waals surface area contributed by atoms with E-state index in [1.54, 1.807) is 24.3 Å². The third-order valence-corrected chi connectivity index (χ3v) is 4.23. The monoisotopic (exact) mass is 328 g/mol. The molecule has 1 amide bonds. The molecule has 24 heavy (non-hydrogen) atoms. The van der Waals surface area contributed by atoms with Crippen LogP contribution in [0.15, 0.2) is 54.6 Å². The Kier molecular flexibility index (Phi) is 5.56. The Bertz CT molecular complexity index is 655. The van der Waals surface area contributed by atoms with E-state index < -0.39 is 0 Å². The highest BCUT2D eigenvalue weighted by Crippen LogP contribution is 2.21. The van der Waals surface area contributed by atoms with Gasteiger partial charge in [0.25, 0.3) is 5.91 Å². The van der Waals surface area contributed by atoms with Crippen molar-refractivity contribution in [3.8, 4) is 0 Å². The number of rotatable bonds is 5. The second-order valence-corrected chi connectivity index (χ2v) is 5.79. The van der Waals surface area contributed by atoms with Gasteiger partial charge in [-0.25, -0.2) is 4.39 Å². The molecule has 4 nitrogen and oxygen atoms in total. The zero-order valence-electron chi connectivity index (χ0n) is 13.5. The smallest absolute Gasteiger partial charge is 0.251 e. The predicted molar refractivity (Wildman–Crippen MR) is 90.3 cm³/mol. The molecule has 0 bridgehead atoms. The largest absolute Gasteiger partial charge is 0.379 e. The van der Waals surface area contributed by atoms with E-state index >= 15 is 0 Å². The molecule has 5 heteroatoms. The third-order valence-electron chi connectivity index (χ3n) is 4.23. The second-order valence-electron chi connectivity index (χ2n) is 5.79. The van der Waals surface area contributed by atoms with Crippen LogP contribution in [0.2, 0.25) is 0 Å². The molecule has 3 rings (SSSR count). The lowest BCUT2D eigenvalue weighted by Gasteiger charge is -2.35. The topological polar surface area (TPSA) is 41.6 Å². The summed E-state index contributed by atoms with van der Waals surface area (Å²) < 4.78 is 18.6. The number of nitrogens with zero attached hydrogens (tertiary/aromatic N) is 1. The predicted octanol–water partition coefficient (Wildman–Crippen LogP) is 2.63. The quantitative estimate of drug-likeness (QED) is 0.917. The van der Waals surface area contributed by atoms with Gasteiger partial charge in [0.2, 0.25) is 0 Å². The first-order valence-electron chi connectivity index (χ1n) is 8.14. The van der Waals surface area contributed by atoms with Crippen molar-refractivity contribution in [3.05, 3.63) is 71.5 Å². The highest BCUT2D eigenvalue weighted by atomic mass is 19.1. The Balaban J connectivity index is 1.72. The Morgan fingerprint density at radius 3 is 2.42 bits per heavy atom. The molecule has 1 fully saturated rings. The molecule has 2 aromatic rings. The number of nitrogens with one attached hydrogen (secondary N) is 1. The first-order valence-corrected chi connectivity index (χ1v) is 8.14. The van der Waals surface area contributed by atoms with E-state index in [1.165, 1.54) is 12.1 Å². The fourth-order valence-corrected chi connectivity index (χ4v) is 2.91. The zero-order chi connectivity index (χ0) is 16.8. The van der Waals surface area contributed by atoms with Gasteiger partial charge in [0, 0.05) is 25.2 Å². The molecule has 1 N–H and O–H groups in total. The van der Waals surface area contributed by atoms with Gasteiger partial charge in [-0.15, -0.1) is 0 Å². The minimum atomic E-state index is -0.257. The van der Waals surface area contributed by atoms with E-state index in [2.05, 4.69) is 10.2 Å². The lowest BCUT2D eigenvalue weighted by atomic mass is 10.0. The molecule has 2 aromatic carbocycles. The fourth-order valence-electron chi connectivity index (χ4n) is 2.91. The molecule has 0 aliphatic carbocycles. The first-order chi connectivity index (χ1) is 11.7. The van der Waals surface area contributed by atoms with Gasteiger partial charge in [-0.05, 0) is 29.8 Å². The van der Waals surface area contributed by atoms with Gasteiger partial charge in [0.15, 0.2) is 0 Å².